The molecule has 1 heterocycles. The maximum Gasteiger partial charge on any atom is 0.416 e. The molecule has 1 aliphatic heterocycles. The fraction of sp³-hybridized carbons (Fsp3) is 0.500. The van der Waals surface area contributed by atoms with Crippen molar-refractivity contribution in [3.8, 4) is 0 Å². The summed E-state index contributed by atoms with van der Waals surface area (Å²) in [6.45, 7) is 2.89. The molecule has 6 heteroatoms. The topological polar surface area (TPSA) is 20.3 Å². The lowest BCUT2D eigenvalue weighted by atomic mass is 9.94. The molecule has 0 radical (unpaired) electrons. The fourth-order valence-corrected chi connectivity index (χ4v) is 3.10. The van der Waals surface area contributed by atoms with Gasteiger partial charge >= 0.3 is 6.18 Å². The van der Waals surface area contributed by atoms with Crippen LogP contribution in [0.15, 0.2) is 22.7 Å². The normalized spacial score (nSPS) is 20.1. The summed E-state index contributed by atoms with van der Waals surface area (Å²) in [5, 5.41) is 0. The number of hydrogen-bond acceptors (Lipinski definition) is 2. The lowest BCUT2D eigenvalue weighted by Crippen LogP contribution is -2.38. The third-order valence-electron chi connectivity index (χ3n) is 3.61. The molecule has 20 heavy (non-hydrogen) atoms. The van der Waals surface area contributed by atoms with Gasteiger partial charge in [-0.25, -0.2) is 0 Å². The highest BCUT2D eigenvalue weighted by Gasteiger charge is 2.31. The lowest BCUT2D eigenvalue weighted by molar-refractivity contribution is -0.137. The number of carbonyl (C=O) groups excluding carboxylic acids is 1. The Morgan fingerprint density at radius 3 is 2.65 bits per heavy atom. The van der Waals surface area contributed by atoms with E-state index in [2.05, 4.69) is 15.9 Å². The van der Waals surface area contributed by atoms with E-state index >= 15 is 0 Å². The minimum atomic E-state index is -4.34. The predicted molar refractivity (Wildman–Crippen MR) is 74.8 cm³/mol. The van der Waals surface area contributed by atoms with E-state index in [1.807, 2.05) is 4.90 Å². The van der Waals surface area contributed by atoms with Crippen LogP contribution in [0.3, 0.4) is 0 Å². The van der Waals surface area contributed by atoms with Crippen molar-refractivity contribution in [2.45, 2.75) is 25.9 Å². The summed E-state index contributed by atoms with van der Waals surface area (Å²) < 4.78 is 38.3. The zero-order chi connectivity index (χ0) is 14.9. The van der Waals surface area contributed by atoms with Crippen LogP contribution >= 0.6 is 15.9 Å². The lowest BCUT2D eigenvalue weighted by Gasteiger charge is -2.34. The molecule has 1 aromatic rings. The Balaban J connectivity index is 2.23. The number of nitrogens with zero attached hydrogens (tertiary/aromatic N) is 1. The number of carbonyl (C=O) groups is 1. The molecular formula is C14H15BrF3NO. The molecule has 1 aliphatic rings. The average Bonchev–Trinajstić information content (AvgIpc) is 2.37. The number of rotatable bonds is 2. The highest BCUT2D eigenvalue weighted by Crippen LogP contribution is 2.36. The number of ketones is 1. The van der Waals surface area contributed by atoms with Gasteiger partial charge in [0.1, 0.15) is 5.78 Å². The van der Waals surface area contributed by atoms with E-state index in [4.69, 9.17) is 0 Å². The Morgan fingerprint density at radius 1 is 1.40 bits per heavy atom. The summed E-state index contributed by atoms with van der Waals surface area (Å²) in [4.78, 5) is 13.4. The zero-order valence-corrected chi connectivity index (χ0v) is 12.6. The molecule has 2 rings (SSSR count). The zero-order valence-electron chi connectivity index (χ0n) is 11.0. The summed E-state index contributed by atoms with van der Waals surface area (Å²) in [5.74, 6) is 0.107. The number of halogens is 4. The molecule has 0 spiro atoms. The van der Waals surface area contributed by atoms with Gasteiger partial charge < -0.3 is 4.90 Å². The first kappa shape index (κ1) is 15.4. The summed E-state index contributed by atoms with van der Waals surface area (Å²) in [6, 6.07) is 3.64. The molecule has 1 fully saturated rings. The second-order valence-corrected chi connectivity index (χ2v) is 5.91. The van der Waals surface area contributed by atoms with E-state index in [0.717, 1.165) is 31.5 Å². The van der Waals surface area contributed by atoms with Gasteiger partial charge in [0.15, 0.2) is 0 Å². The van der Waals surface area contributed by atoms with Crippen LogP contribution in [-0.2, 0) is 11.0 Å². The molecule has 0 N–H and O–H groups in total. The first-order chi connectivity index (χ1) is 9.29. The number of hydrogen-bond donors (Lipinski definition) is 0. The van der Waals surface area contributed by atoms with Crippen molar-refractivity contribution < 1.29 is 18.0 Å². The second kappa shape index (κ2) is 5.76. The number of piperidine rings is 1. The van der Waals surface area contributed by atoms with Crippen LogP contribution in [-0.4, -0.2) is 18.9 Å². The maximum atomic E-state index is 12.6. The molecule has 0 aliphatic carbocycles. The van der Waals surface area contributed by atoms with Crippen LogP contribution in [0.2, 0.25) is 0 Å². The van der Waals surface area contributed by atoms with Gasteiger partial charge in [-0.2, -0.15) is 13.2 Å². The van der Waals surface area contributed by atoms with E-state index in [-0.39, 0.29) is 11.7 Å². The summed E-state index contributed by atoms with van der Waals surface area (Å²) in [7, 11) is 0. The Morgan fingerprint density at radius 2 is 2.10 bits per heavy atom. The van der Waals surface area contributed by atoms with Crippen LogP contribution in [0.25, 0.3) is 0 Å². The molecule has 0 saturated carbocycles. The van der Waals surface area contributed by atoms with Crippen molar-refractivity contribution >= 4 is 27.4 Å². The molecule has 0 aromatic heterocycles. The van der Waals surface area contributed by atoms with Crippen molar-refractivity contribution in [1.82, 2.24) is 0 Å². The molecule has 2 nitrogen and oxygen atoms in total. The van der Waals surface area contributed by atoms with Gasteiger partial charge in [-0.05, 0) is 53.9 Å². The Kier molecular flexibility index (Phi) is 4.42. The predicted octanol–water partition coefficient (Wildman–Crippen LogP) is 4.27. The quantitative estimate of drug-likeness (QED) is 0.794. The molecule has 1 saturated heterocycles. The van der Waals surface area contributed by atoms with Crippen molar-refractivity contribution in [3.05, 3.63) is 28.2 Å². The standard InChI is InChI=1S/C14H15BrF3NO/c1-9(20)10-3-2-6-19(8-10)13-5-4-11(7-12(13)15)14(16,17)18/h4-5,7,10H,2-3,6,8H2,1H3. The minimum Gasteiger partial charge on any atom is -0.370 e. The summed E-state index contributed by atoms with van der Waals surface area (Å²) >= 11 is 3.21. The maximum absolute atomic E-state index is 12.6. The molecule has 0 amide bonds. The van der Waals surface area contributed by atoms with Crippen LogP contribution < -0.4 is 4.90 Å². The third kappa shape index (κ3) is 3.34. The van der Waals surface area contributed by atoms with Crippen LogP contribution in [0.1, 0.15) is 25.3 Å². The highest BCUT2D eigenvalue weighted by molar-refractivity contribution is 9.10. The number of alkyl halides is 3. The van der Waals surface area contributed by atoms with Gasteiger partial charge in [0.25, 0.3) is 0 Å². The minimum absolute atomic E-state index is 0.0297. The summed E-state index contributed by atoms with van der Waals surface area (Å²) in [6.07, 6.45) is -2.62. The van der Waals surface area contributed by atoms with Gasteiger partial charge in [0.2, 0.25) is 0 Å². The number of anilines is 1. The largest absolute Gasteiger partial charge is 0.416 e. The van der Waals surface area contributed by atoms with Gasteiger partial charge in [-0.3, -0.25) is 4.79 Å². The number of Topliss-reactive ketones (excluding diaryl/α,β-unsaturated/α-hetero) is 1. The SMILES string of the molecule is CC(=O)C1CCCN(c2ccc(C(F)(F)F)cc2Br)C1. The van der Waals surface area contributed by atoms with E-state index in [1.165, 1.54) is 6.07 Å². The monoisotopic (exact) mass is 349 g/mol. The molecule has 110 valence electrons. The van der Waals surface area contributed by atoms with Gasteiger partial charge in [-0.1, -0.05) is 0 Å². The average molecular weight is 350 g/mol. The van der Waals surface area contributed by atoms with Crippen molar-refractivity contribution in [2.75, 3.05) is 18.0 Å². The number of benzene rings is 1. The van der Waals surface area contributed by atoms with Crippen molar-refractivity contribution in [3.63, 3.8) is 0 Å². The molecular weight excluding hydrogens is 335 g/mol. The van der Waals surface area contributed by atoms with Gasteiger partial charge in [-0.15, -0.1) is 0 Å². The first-order valence-electron chi connectivity index (χ1n) is 6.41. The van der Waals surface area contributed by atoms with Crippen LogP contribution in [0.5, 0.6) is 0 Å². The fourth-order valence-electron chi connectivity index (χ4n) is 2.47. The third-order valence-corrected chi connectivity index (χ3v) is 4.25. The van der Waals surface area contributed by atoms with E-state index in [1.54, 1.807) is 6.92 Å². The Labute approximate surface area is 124 Å². The van der Waals surface area contributed by atoms with E-state index in [9.17, 15) is 18.0 Å². The highest BCUT2D eigenvalue weighted by atomic mass is 79.9. The van der Waals surface area contributed by atoms with Crippen LogP contribution in [0, 0.1) is 5.92 Å². The second-order valence-electron chi connectivity index (χ2n) is 5.06. The van der Waals surface area contributed by atoms with Crippen LogP contribution in [0.4, 0.5) is 18.9 Å². The summed E-state index contributed by atoms with van der Waals surface area (Å²) in [5.41, 5.74) is 0.0391. The van der Waals surface area contributed by atoms with Gasteiger partial charge in [0.05, 0.1) is 11.3 Å². The molecule has 1 aromatic carbocycles. The van der Waals surface area contributed by atoms with E-state index < -0.39 is 11.7 Å². The molecule has 0 bridgehead atoms. The first-order valence-corrected chi connectivity index (χ1v) is 7.20. The smallest absolute Gasteiger partial charge is 0.370 e. The van der Waals surface area contributed by atoms with E-state index in [0.29, 0.717) is 16.7 Å². The van der Waals surface area contributed by atoms with Crippen molar-refractivity contribution in [2.24, 2.45) is 5.92 Å². The Hall–Kier alpha value is -1.04. The molecule has 1 atom stereocenters. The molecule has 1 unspecified atom stereocenters. The van der Waals surface area contributed by atoms with Gasteiger partial charge in [0, 0.05) is 23.5 Å². The van der Waals surface area contributed by atoms with Crippen molar-refractivity contribution in [1.29, 1.82) is 0 Å². The Bertz CT molecular complexity index is 516.